The molecule has 12 heavy (non-hydrogen) atoms. The van der Waals surface area contributed by atoms with Crippen LogP contribution in [0.25, 0.3) is 0 Å². The summed E-state index contributed by atoms with van der Waals surface area (Å²) in [6, 6.07) is 0. The summed E-state index contributed by atoms with van der Waals surface area (Å²) >= 11 is 9.60. The summed E-state index contributed by atoms with van der Waals surface area (Å²) in [4.78, 5) is 0. The van der Waals surface area contributed by atoms with Crippen molar-refractivity contribution in [2.24, 2.45) is 5.92 Å². The van der Waals surface area contributed by atoms with Crippen molar-refractivity contribution in [1.82, 2.24) is 0 Å². The first-order valence-corrected chi connectivity index (χ1v) is 4.59. The molecule has 2 nitrogen and oxygen atoms in total. The number of hydrogen-bond donors (Lipinski definition) is 0. The topological polar surface area (TPSA) is 18.5 Å². The first-order chi connectivity index (χ1) is 5.43. The lowest BCUT2D eigenvalue weighted by molar-refractivity contribution is -0.0456. The van der Waals surface area contributed by atoms with Gasteiger partial charge in [0.1, 0.15) is 0 Å². The maximum atomic E-state index is 5.24. The summed E-state index contributed by atoms with van der Waals surface area (Å²) in [5, 5.41) is 0.954. The summed E-state index contributed by atoms with van der Waals surface area (Å²) < 4.78 is 10.5. The van der Waals surface area contributed by atoms with Crippen LogP contribution in [0, 0.1) is 5.92 Å². The van der Waals surface area contributed by atoms with Crippen molar-refractivity contribution in [3.63, 3.8) is 0 Å². The van der Waals surface area contributed by atoms with Crippen molar-refractivity contribution >= 4 is 34.5 Å². The molecule has 0 aromatic rings. The zero-order chi connectivity index (χ0) is 9.72. The molecule has 4 heteroatoms. The van der Waals surface area contributed by atoms with Crippen molar-refractivity contribution < 1.29 is 9.47 Å². The Morgan fingerprint density at radius 1 is 1.00 bits per heavy atom. The molecule has 0 aliphatic carbocycles. The third-order valence-corrected chi connectivity index (χ3v) is 1.30. The average molecular weight is 206 g/mol. The van der Waals surface area contributed by atoms with Gasteiger partial charge in [-0.15, -0.1) is 0 Å². The lowest BCUT2D eigenvalue weighted by Gasteiger charge is -2.21. The van der Waals surface area contributed by atoms with Crippen LogP contribution in [0.1, 0.15) is 27.7 Å². The molecule has 0 radical (unpaired) electrons. The predicted octanol–water partition coefficient (Wildman–Crippen LogP) is 2.70. The molecule has 0 heterocycles. The summed E-state index contributed by atoms with van der Waals surface area (Å²) in [7, 11) is 0. The van der Waals surface area contributed by atoms with Crippen molar-refractivity contribution in [3.05, 3.63) is 0 Å². The van der Waals surface area contributed by atoms with Gasteiger partial charge in [0, 0.05) is 19.8 Å². The highest BCUT2D eigenvalue weighted by atomic mass is 32.1. The largest absolute Gasteiger partial charge is 0.448 e. The highest BCUT2D eigenvalue weighted by Gasteiger charge is 2.16. The normalized spacial score (nSPS) is 10.2. The zero-order valence-electron chi connectivity index (χ0n) is 7.79. The van der Waals surface area contributed by atoms with Crippen LogP contribution in [-0.2, 0) is 9.47 Å². The summed E-state index contributed by atoms with van der Waals surface area (Å²) in [5.41, 5.74) is 0. The van der Waals surface area contributed by atoms with Crippen molar-refractivity contribution in [1.29, 1.82) is 0 Å². The van der Waals surface area contributed by atoms with E-state index >= 15 is 0 Å². The van der Waals surface area contributed by atoms with E-state index in [9.17, 15) is 0 Å². The van der Waals surface area contributed by atoms with Crippen LogP contribution in [-0.4, -0.2) is 16.4 Å². The second-order valence-corrected chi connectivity index (χ2v) is 3.98. The summed E-state index contributed by atoms with van der Waals surface area (Å²) in [6.45, 7) is 7.40. The van der Waals surface area contributed by atoms with Crippen LogP contribution in [0.5, 0.6) is 0 Å². The Hall–Kier alpha value is -0.220. The first kappa shape index (κ1) is 11.8. The van der Waals surface area contributed by atoms with Crippen LogP contribution >= 0.6 is 24.4 Å². The summed E-state index contributed by atoms with van der Waals surface area (Å²) in [6.07, 6.45) is -0.347. The highest BCUT2D eigenvalue weighted by Crippen LogP contribution is 2.09. The fourth-order valence-electron chi connectivity index (χ4n) is 0.623. The first-order valence-electron chi connectivity index (χ1n) is 3.78. The van der Waals surface area contributed by atoms with Gasteiger partial charge in [0.2, 0.25) is 6.29 Å². The number of thiocarbonyl (C=S) groups is 2. The van der Waals surface area contributed by atoms with Gasteiger partial charge in [-0.25, -0.2) is 0 Å². The fourth-order valence-corrected chi connectivity index (χ4v) is 0.813. The van der Waals surface area contributed by atoms with Crippen LogP contribution in [0.2, 0.25) is 0 Å². The minimum atomic E-state index is -0.347. The van der Waals surface area contributed by atoms with Gasteiger partial charge in [-0.2, -0.15) is 0 Å². The van der Waals surface area contributed by atoms with Crippen molar-refractivity contribution in [2.75, 3.05) is 0 Å². The molecular formula is C8H14O2S2. The van der Waals surface area contributed by atoms with Gasteiger partial charge in [0.15, 0.2) is 10.1 Å². The smallest absolute Gasteiger partial charge is 0.244 e. The molecule has 0 spiro atoms. The van der Waals surface area contributed by atoms with Gasteiger partial charge in [0.25, 0.3) is 0 Å². The molecule has 0 amide bonds. The lowest BCUT2D eigenvalue weighted by atomic mass is 10.2. The zero-order valence-corrected chi connectivity index (χ0v) is 9.42. The Labute approximate surface area is 84.2 Å². The van der Waals surface area contributed by atoms with Crippen molar-refractivity contribution in [2.45, 2.75) is 34.0 Å². The second kappa shape index (κ2) is 5.43. The number of rotatable bonds is 3. The molecule has 0 saturated heterocycles. The van der Waals surface area contributed by atoms with E-state index in [1.165, 1.54) is 0 Å². The molecule has 70 valence electrons. The standard InChI is InChI=1S/C8H14O2S2/c1-5(2)8(9-6(3)11)10-7(4)12/h5,8H,1-4H3. The predicted molar refractivity (Wildman–Crippen MR) is 57.3 cm³/mol. The molecule has 0 aromatic heterocycles. The van der Waals surface area contributed by atoms with Crippen molar-refractivity contribution in [3.8, 4) is 0 Å². The molecule has 0 atom stereocenters. The van der Waals surface area contributed by atoms with E-state index in [0.29, 0.717) is 10.1 Å². The number of ether oxygens (including phenoxy) is 2. The van der Waals surface area contributed by atoms with E-state index < -0.39 is 0 Å². The molecule has 0 fully saturated rings. The van der Waals surface area contributed by atoms with E-state index in [-0.39, 0.29) is 12.2 Å². The molecule has 0 saturated carbocycles. The Balaban J connectivity index is 4.04. The minimum Gasteiger partial charge on any atom is -0.448 e. The molecule has 0 aliphatic heterocycles. The van der Waals surface area contributed by atoms with Gasteiger partial charge in [-0.05, 0) is 24.4 Å². The minimum absolute atomic E-state index is 0.237. The third kappa shape index (κ3) is 5.43. The average Bonchev–Trinajstić information content (AvgIpc) is 1.83. The van der Waals surface area contributed by atoms with Gasteiger partial charge < -0.3 is 9.47 Å². The Bertz CT molecular complexity index is 162. The number of hydrogen-bond acceptors (Lipinski definition) is 4. The highest BCUT2D eigenvalue weighted by molar-refractivity contribution is 7.80. The summed E-state index contributed by atoms with van der Waals surface area (Å²) in [5.74, 6) is 0.237. The van der Waals surface area contributed by atoms with Gasteiger partial charge in [-0.1, -0.05) is 13.8 Å². The Kier molecular flexibility index (Phi) is 5.33. The molecule has 0 unspecified atom stereocenters. The van der Waals surface area contributed by atoms with Crippen LogP contribution in [0.4, 0.5) is 0 Å². The van der Waals surface area contributed by atoms with Gasteiger partial charge in [0.05, 0.1) is 0 Å². The van der Waals surface area contributed by atoms with E-state index in [2.05, 4.69) is 0 Å². The molecule has 0 rings (SSSR count). The maximum absolute atomic E-state index is 5.24. The molecule has 0 N–H and O–H groups in total. The Morgan fingerprint density at radius 2 is 1.33 bits per heavy atom. The van der Waals surface area contributed by atoms with E-state index in [4.69, 9.17) is 33.9 Å². The molecule has 0 aliphatic rings. The van der Waals surface area contributed by atoms with E-state index in [1.807, 2.05) is 13.8 Å². The van der Waals surface area contributed by atoms with Crippen LogP contribution < -0.4 is 0 Å². The monoisotopic (exact) mass is 206 g/mol. The van der Waals surface area contributed by atoms with E-state index in [0.717, 1.165) is 0 Å². The van der Waals surface area contributed by atoms with Crippen LogP contribution in [0.3, 0.4) is 0 Å². The maximum Gasteiger partial charge on any atom is 0.244 e. The van der Waals surface area contributed by atoms with E-state index in [1.54, 1.807) is 13.8 Å². The van der Waals surface area contributed by atoms with Gasteiger partial charge >= 0.3 is 0 Å². The molecule has 0 aromatic carbocycles. The Morgan fingerprint density at radius 3 is 1.50 bits per heavy atom. The fraction of sp³-hybridized carbons (Fsp3) is 0.750. The quantitative estimate of drug-likeness (QED) is 0.522. The van der Waals surface area contributed by atoms with Gasteiger partial charge in [-0.3, -0.25) is 0 Å². The third-order valence-electron chi connectivity index (χ3n) is 1.11. The molecular weight excluding hydrogens is 192 g/mol. The second-order valence-electron chi connectivity index (χ2n) is 2.83. The molecule has 0 bridgehead atoms. The SMILES string of the molecule is CC(=S)OC(OC(C)=S)C(C)C. The van der Waals surface area contributed by atoms with Crippen LogP contribution in [0.15, 0.2) is 0 Å². The lowest BCUT2D eigenvalue weighted by Crippen LogP contribution is -2.26.